The van der Waals surface area contributed by atoms with Gasteiger partial charge in [-0.1, -0.05) is 35.7 Å². The zero-order chi connectivity index (χ0) is 33.7. The number of phenolic OH excluding ortho intramolecular Hbond substituents is 3. The summed E-state index contributed by atoms with van der Waals surface area (Å²) >= 11 is 7.84. The summed E-state index contributed by atoms with van der Waals surface area (Å²) in [7, 11) is 0. The van der Waals surface area contributed by atoms with Crippen molar-refractivity contribution in [1.29, 1.82) is 0 Å². The van der Waals surface area contributed by atoms with E-state index in [0.29, 0.717) is 10.0 Å². The number of carboxylic acids is 1. The van der Waals surface area contributed by atoms with Crippen LogP contribution in [0.2, 0.25) is 0 Å². The highest BCUT2D eigenvalue weighted by atomic mass is 32.2. The first-order chi connectivity index (χ1) is 22.4. The second-order valence-electron chi connectivity index (χ2n) is 10.3. The molecule has 0 bridgehead atoms. The Morgan fingerprint density at radius 2 is 1.81 bits per heavy atom. The molecule has 240 valence electrons. The van der Waals surface area contributed by atoms with Crippen LogP contribution in [0.25, 0.3) is 11.0 Å². The van der Waals surface area contributed by atoms with Crippen molar-refractivity contribution in [3.8, 4) is 17.2 Å². The van der Waals surface area contributed by atoms with Gasteiger partial charge in [0.2, 0.25) is 17.1 Å². The number of aryl methyl sites for hydroxylation is 1. The van der Waals surface area contributed by atoms with E-state index in [1.165, 1.54) is 47.4 Å². The summed E-state index contributed by atoms with van der Waals surface area (Å²) in [6.07, 6.45) is 0.766. The van der Waals surface area contributed by atoms with Gasteiger partial charge < -0.3 is 35.5 Å². The maximum Gasteiger partial charge on any atom is 0.353 e. The summed E-state index contributed by atoms with van der Waals surface area (Å²) in [5.41, 5.74) is -1.68. The molecule has 6 N–H and O–H groups in total. The number of carboxylic acid groups (broad SMARTS) is 1. The van der Waals surface area contributed by atoms with Crippen LogP contribution in [-0.2, 0) is 14.4 Å². The highest BCUT2D eigenvalue weighted by molar-refractivity contribution is 8.00. The molecule has 0 saturated carbocycles. The number of carbonyl (C=O) groups is 4. The molecule has 2 aromatic heterocycles. The van der Waals surface area contributed by atoms with Crippen LogP contribution in [0, 0.1) is 6.92 Å². The van der Waals surface area contributed by atoms with E-state index in [4.69, 9.17) is 16.6 Å². The van der Waals surface area contributed by atoms with Crippen LogP contribution in [0.5, 0.6) is 17.2 Å². The highest BCUT2D eigenvalue weighted by Gasteiger charge is 2.55. The molecule has 2 aromatic carbocycles. The predicted octanol–water partition coefficient (Wildman–Crippen LogP) is 1.70. The molecule has 18 heteroatoms. The molecule has 6 rings (SSSR count). The molecule has 4 aromatic rings. The summed E-state index contributed by atoms with van der Waals surface area (Å²) in [5.74, 6) is -5.31. The Morgan fingerprint density at radius 1 is 1.09 bits per heavy atom. The first-order valence-corrected chi connectivity index (χ1v) is 15.8. The third-order valence-corrected chi connectivity index (χ3v) is 10.1. The van der Waals surface area contributed by atoms with Gasteiger partial charge in [-0.2, -0.15) is 0 Å². The van der Waals surface area contributed by atoms with E-state index in [1.807, 2.05) is 0 Å². The molecule has 0 radical (unpaired) electrons. The van der Waals surface area contributed by atoms with Gasteiger partial charge >= 0.3 is 5.97 Å². The van der Waals surface area contributed by atoms with Gasteiger partial charge in [0.25, 0.3) is 11.8 Å². The molecule has 2 aliphatic rings. The summed E-state index contributed by atoms with van der Waals surface area (Å²) in [4.78, 5) is 67.0. The van der Waals surface area contributed by atoms with Crippen molar-refractivity contribution in [2.75, 3.05) is 5.75 Å². The zero-order valence-electron chi connectivity index (χ0n) is 23.8. The molecule has 3 amide bonds. The number of nitrogens with one attached hydrogen (secondary N) is 2. The monoisotopic (exact) mass is 695 g/mol. The summed E-state index contributed by atoms with van der Waals surface area (Å²) in [5, 5.41) is 52.4. The molecule has 1 unspecified atom stereocenters. The number of benzene rings is 2. The summed E-state index contributed by atoms with van der Waals surface area (Å²) in [6, 6.07) is 4.75. The number of aromatic hydroxyl groups is 3. The quantitative estimate of drug-likeness (QED) is 0.0667. The maximum atomic E-state index is 13.7. The van der Waals surface area contributed by atoms with Crippen LogP contribution in [0.1, 0.15) is 32.0 Å². The van der Waals surface area contributed by atoms with E-state index < -0.39 is 63.6 Å². The molecule has 1 saturated heterocycles. The van der Waals surface area contributed by atoms with E-state index in [1.54, 1.807) is 6.92 Å². The largest absolute Gasteiger partial charge is 0.508 e. The minimum absolute atomic E-state index is 0.100. The van der Waals surface area contributed by atoms with Crippen molar-refractivity contribution in [3.63, 3.8) is 0 Å². The number of phenols is 3. The van der Waals surface area contributed by atoms with Gasteiger partial charge in [0.1, 0.15) is 45.7 Å². The number of aliphatic carboxylic acids is 1. The number of β-lactam (4-membered cyclic amide) rings is 1. The van der Waals surface area contributed by atoms with Crippen LogP contribution >= 0.6 is 35.3 Å². The molecule has 3 atom stereocenters. The number of hydrogen-bond donors (Lipinski definition) is 6. The van der Waals surface area contributed by atoms with Gasteiger partial charge in [-0.15, -0.1) is 22.0 Å². The number of thiocarbonyl (C=S) groups is 1. The molecule has 2 aliphatic heterocycles. The number of thioether (sulfide) groups is 1. The lowest BCUT2D eigenvalue weighted by Crippen LogP contribution is -2.71. The number of amides is 3. The lowest BCUT2D eigenvalue weighted by atomic mass is 9.99. The van der Waals surface area contributed by atoms with Crippen molar-refractivity contribution in [1.82, 2.24) is 25.7 Å². The van der Waals surface area contributed by atoms with E-state index in [9.17, 15) is 44.4 Å². The van der Waals surface area contributed by atoms with Gasteiger partial charge in [-0.3, -0.25) is 24.1 Å². The lowest BCUT2D eigenvalue weighted by molar-refractivity contribution is -0.150. The fourth-order valence-corrected chi connectivity index (χ4v) is 7.49. The molecule has 0 spiro atoms. The van der Waals surface area contributed by atoms with Crippen LogP contribution in [-0.4, -0.2) is 81.2 Å². The van der Waals surface area contributed by atoms with Gasteiger partial charge in [0.15, 0.2) is 16.3 Å². The smallest absolute Gasteiger partial charge is 0.353 e. The van der Waals surface area contributed by atoms with Gasteiger partial charge in [0.05, 0.1) is 10.3 Å². The van der Waals surface area contributed by atoms with E-state index in [0.717, 1.165) is 23.3 Å². The van der Waals surface area contributed by atoms with E-state index >= 15 is 0 Å². The van der Waals surface area contributed by atoms with Crippen molar-refractivity contribution in [2.45, 2.75) is 24.4 Å². The fourth-order valence-electron chi connectivity index (χ4n) is 5.05. The van der Waals surface area contributed by atoms with Gasteiger partial charge in [-0.05, 0) is 36.8 Å². The Morgan fingerprint density at radius 3 is 2.47 bits per heavy atom. The number of fused-ring (bicyclic) bond motifs is 2. The number of rotatable bonds is 8. The summed E-state index contributed by atoms with van der Waals surface area (Å²) in [6.45, 7) is 1.72. The molecule has 15 nitrogen and oxygen atoms in total. The van der Waals surface area contributed by atoms with Crippen LogP contribution in [0.15, 0.2) is 63.1 Å². The normalized spacial score (nSPS) is 17.9. The van der Waals surface area contributed by atoms with Crippen LogP contribution < -0.4 is 16.1 Å². The molecule has 1 fully saturated rings. The van der Waals surface area contributed by atoms with Crippen LogP contribution in [0.4, 0.5) is 0 Å². The van der Waals surface area contributed by atoms with Crippen LogP contribution in [0.3, 0.4) is 0 Å². The van der Waals surface area contributed by atoms with E-state index in [-0.39, 0.29) is 44.2 Å². The maximum absolute atomic E-state index is 13.7. The van der Waals surface area contributed by atoms with Crippen molar-refractivity contribution in [3.05, 3.63) is 85.3 Å². The molecular formula is C29H21N5O10S3. The predicted molar refractivity (Wildman–Crippen MR) is 170 cm³/mol. The topological polar surface area (TPSA) is 232 Å². The minimum Gasteiger partial charge on any atom is -0.508 e. The molecule has 4 heterocycles. The number of nitrogens with zero attached hydrogens (tertiary/aromatic N) is 3. The Balaban J connectivity index is 1.26. The molecule has 47 heavy (non-hydrogen) atoms. The van der Waals surface area contributed by atoms with Gasteiger partial charge in [0, 0.05) is 11.3 Å². The molecule has 0 aliphatic carbocycles. The second-order valence-corrected chi connectivity index (χ2v) is 13.0. The molecular weight excluding hydrogens is 675 g/mol. The second kappa shape index (κ2) is 12.1. The number of hydrogen-bond acceptors (Lipinski definition) is 14. The number of aromatic nitrogens is 2. The Bertz CT molecular complexity index is 2110. The minimum atomic E-state index is -1.50. The average molecular weight is 696 g/mol. The zero-order valence-corrected chi connectivity index (χ0v) is 26.2. The van der Waals surface area contributed by atoms with Crippen molar-refractivity contribution in [2.24, 2.45) is 0 Å². The highest BCUT2D eigenvalue weighted by Crippen LogP contribution is 2.42. The van der Waals surface area contributed by atoms with E-state index in [2.05, 4.69) is 20.8 Å². The Hall–Kier alpha value is -5.33. The standard InChI is InChI=1S/C29H21N5O10S3/c1-10-32-33-26(47-10)23(45)15-9-46-28-18(27(41)34(28)19(15)29(42)43)31-25(40)17(11-2-4-12(35)5-3-11)30-24(39)14-8-44-22-13(20(14)37)6-7-16(36)21(22)38/h2-8,17-18,28,35-36,38H,9H2,1H3,(H,30,39)(H,31,40)(H,42,43)/t17?,18-,28+/m1/s1. The first-order valence-electron chi connectivity index (χ1n) is 13.5. The Labute approximate surface area is 276 Å². The third-order valence-electron chi connectivity index (χ3n) is 7.37. The SMILES string of the molecule is Cc1nnc(C(=S)C2=C(C(=O)O)N3C(=O)[C@@H](NC(=O)C(NC(=O)c4coc5c(O)c(O)ccc5c4=O)c4ccc(O)cc4)[C@@H]3SC2)s1. The Kier molecular flexibility index (Phi) is 8.16. The van der Waals surface area contributed by atoms with Crippen molar-refractivity contribution < 1.29 is 44.0 Å². The number of carbonyl (C=O) groups excluding carboxylic acids is 3. The van der Waals surface area contributed by atoms with Gasteiger partial charge in [-0.25, -0.2) is 4.79 Å². The van der Waals surface area contributed by atoms with Crippen molar-refractivity contribution >= 4 is 74.8 Å². The lowest BCUT2D eigenvalue weighted by Gasteiger charge is -2.49. The average Bonchev–Trinajstić information content (AvgIpc) is 3.49. The summed E-state index contributed by atoms with van der Waals surface area (Å²) < 4.78 is 5.24. The first kappa shape index (κ1) is 31.6. The third kappa shape index (κ3) is 5.55. The fraction of sp³-hybridized carbons (Fsp3) is 0.172.